The molecule has 0 aliphatic heterocycles. The second-order valence-corrected chi connectivity index (χ2v) is 7.07. The molecule has 25 heavy (non-hydrogen) atoms. The fraction of sp³-hybridized carbons (Fsp3) is 0.333. The molecule has 0 N–H and O–H groups in total. The van der Waals surface area contributed by atoms with E-state index in [0.29, 0.717) is 23.3 Å². The van der Waals surface area contributed by atoms with Gasteiger partial charge in [-0.05, 0) is 18.4 Å². The summed E-state index contributed by atoms with van der Waals surface area (Å²) in [7, 11) is 1.69. The van der Waals surface area contributed by atoms with Crippen LogP contribution in [-0.2, 0) is 6.54 Å². The van der Waals surface area contributed by atoms with Crippen LogP contribution in [0.3, 0.4) is 0 Å². The molecule has 6 nitrogen and oxygen atoms in total. The molecule has 0 saturated heterocycles. The number of hydrogen-bond acceptors (Lipinski definition) is 6. The maximum absolute atomic E-state index is 12.5. The summed E-state index contributed by atoms with van der Waals surface area (Å²) in [6.45, 7) is 6.33. The van der Waals surface area contributed by atoms with E-state index in [1.54, 1.807) is 19.4 Å². The van der Waals surface area contributed by atoms with E-state index < -0.39 is 0 Å². The van der Waals surface area contributed by atoms with Crippen molar-refractivity contribution in [1.82, 2.24) is 20.0 Å². The van der Waals surface area contributed by atoms with Gasteiger partial charge in [0.05, 0.1) is 0 Å². The Morgan fingerprint density at radius 2 is 1.96 bits per heavy atom. The molecular formula is C18H20N4O2S. The van der Waals surface area contributed by atoms with Crippen LogP contribution in [-0.4, -0.2) is 33.0 Å². The molecule has 0 fully saturated rings. The second-order valence-electron chi connectivity index (χ2n) is 6.21. The van der Waals surface area contributed by atoms with Gasteiger partial charge in [-0.15, -0.1) is 11.3 Å². The molecule has 1 aromatic carbocycles. The molecule has 0 aliphatic carbocycles. The van der Waals surface area contributed by atoms with Crippen LogP contribution in [0.5, 0.6) is 0 Å². The summed E-state index contributed by atoms with van der Waals surface area (Å²) < 4.78 is 5.05. The third kappa shape index (κ3) is 3.93. The molecule has 3 rings (SSSR count). The minimum Gasteiger partial charge on any atom is -0.337 e. The van der Waals surface area contributed by atoms with Gasteiger partial charge in [0, 0.05) is 18.0 Å². The maximum atomic E-state index is 12.5. The van der Waals surface area contributed by atoms with Gasteiger partial charge < -0.3 is 9.42 Å². The monoisotopic (exact) mass is 356 g/mol. The molecule has 0 radical (unpaired) electrons. The van der Waals surface area contributed by atoms with E-state index in [9.17, 15) is 4.79 Å². The Labute approximate surface area is 150 Å². The summed E-state index contributed by atoms with van der Waals surface area (Å²) >= 11 is 1.46. The molecule has 0 unspecified atom stereocenters. The Balaban J connectivity index is 1.72. The standard InChI is InChI=1S/C18H20N4O2S/c1-11(2)13-5-7-14(8-6-13)17-20-15(10-25-17)18(23)22(4)9-16-19-12(3)21-24-16/h5-8,10-11H,9H2,1-4H3. The molecule has 2 aromatic heterocycles. The SMILES string of the molecule is Cc1noc(CN(C)C(=O)c2csc(-c3ccc(C(C)C)cc3)n2)n1. The average Bonchev–Trinajstić information content (AvgIpc) is 3.23. The predicted molar refractivity (Wildman–Crippen MR) is 96.5 cm³/mol. The number of benzene rings is 1. The summed E-state index contributed by atoms with van der Waals surface area (Å²) in [5, 5.41) is 6.34. The van der Waals surface area contributed by atoms with Crippen molar-refractivity contribution in [2.24, 2.45) is 0 Å². The highest BCUT2D eigenvalue weighted by Crippen LogP contribution is 2.26. The van der Waals surface area contributed by atoms with Crippen molar-refractivity contribution in [3.05, 3.63) is 52.6 Å². The lowest BCUT2D eigenvalue weighted by Gasteiger charge is -2.12. The van der Waals surface area contributed by atoms with E-state index >= 15 is 0 Å². The molecule has 0 bridgehead atoms. The second kappa shape index (κ2) is 7.14. The van der Waals surface area contributed by atoms with E-state index in [4.69, 9.17) is 4.52 Å². The number of thiazole rings is 1. The first kappa shape index (κ1) is 17.3. The topological polar surface area (TPSA) is 72.1 Å². The number of nitrogens with zero attached hydrogens (tertiary/aromatic N) is 4. The van der Waals surface area contributed by atoms with Crippen LogP contribution >= 0.6 is 11.3 Å². The van der Waals surface area contributed by atoms with Crippen LogP contribution in [0.15, 0.2) is 34.2 Å². The fourth-order valence-electron chi connectivity index (χ4n) is 2.39. The van der Waals surface area contributed by atoms with Crippen molar-refractivity contribution in [1.29, 1.82) is 0 Å². The lowest BCUT2D eigenvalue weighted by Crippen LogP contribution is -2.26. The summed E-state index contributed by atoms with van der Waals surface area (Å²) in [4.78, 5) is 22.6. The van der Waals surface area contributed by atoms with E-state index in [1.165, 1.54) is 21.8 Å². The number of rotatable bonds is 5. The van der Waals surface area contributed by atoms with Crippen LogP contribution in [0, 0.1) is 6.92 Å². The number of aromatic nitrogens is 3. The number of aryl methyl sites for hydroxylation is 1. The summed E-state index contributed by atoms with van der Waals surface area (Å²) in [5.41, 5.74) is 2.72. The quantitative estimate of drug-likeness (QED) is 0.693. The van der Waals surface area contributed by atoms with Gasteiger partial charge in [-0.2, -0.15) is 4.98 Å². The smallest absolute Gasteiger partial charge is 0.273 e. The van der Waals surface area contributed by atoms with Crippen molar-refractivity contribution in [2.45, 2.75) is 33.2 Å². The Bertz CT molecular complexity index is 867. The summed E-state index contributed by atoms with van der Waals surface area (Å²) in [6, 6.07) is 8.31. The molecule has 1 amide bonds. The molecule has 0 aliphatic rings. The van der Waals surface area contributed by atoms with Crippen LogP contribution in [0.1, 0.15) is 47.5 Å². The fourth-order valence-corrected chi connectivity index (χ4v) is 3.19. The van der Waals surface area contributed by atoms with Gasteiger partial charge in [0.1, 0.15) is 17.2 Å². The molecule has 0 atom stereocenters. The van der Waals surface area contributed by atoms with Gasteiger partial charge in [0.25, 0.3) is 5.91 Å². The highest BCUT2D eigenvalue weighted by Gasteiger charge is 2.18. The Morgan fingerprint density at radius 3 is 2.56 bits per heavy atom. The molecule has 130 valence electrons. The zero-order chi connectivity index (χ0) is 18.0. The highest BCUT2D eigenvalue weighted by molar-refractivity contribution is 7.13. The van der Waals surface area contributed by atoms with Crippen LogP contribution in [0.25, 0.3) is 10.6 Å². The third-order valence-electron chi connectivity index (χ3n) is 3.84. The van der Waals surface area contributed by atoms with Gasteiger partial charge in [-0.25, -0.2) is 4.98 Å². The zero-order valence-corrected chi connectivity index (χ0v) is 15.5. The predicted octanol–water partition coefficient (Wildman–Crippen LogP) is 3.90. The van der Waals surface area contributed by atoms with Crippen molar-refractivity contribution in [3.63, 3.8) is 0 Å². The molecule has 7 heteroatoms. The van der Waals surface area contributed by atoms with Gasteiger partial charge in [0.15, 0.2) is 5.82 Å². The van der Waals surface area contributed by atoms with Crippen molar-refractivity contribution >= 4 is 17.2 Å². The molecule has 3 aromatic rings. The van der Waals surface area contributed by atoms with E-state index in [-0.39, 0.29) is 12.5 Å². The number of carbonyl (C=O) groups is 1. The Morgan fingerprint density at radius 1 is 1.24 bits per heavy atom. The zero-order valence-electron chi connectivity index (χ0n) is 14.7. The third-order valence-corrected chi connectivity index (χ3v) is 4.73. The normalized spacial score (nSPS) is 11.1. The van der Waals surface area contributed by atoms with E-state index in [0.717, 1.165) is 10.6 Å². The van der Waals surface area contributed by atoms with Crippen molar-refractivity contribution in [2.75, 3.05) is 7.05 Å². The molecule has 2 heterocycles. The van der Waals surface area contributed by atoms with Gasteiger partial charge >= 0.3 is 0 Å². The first-order valence-electron chi connectivity index (χ1n) is 8.04. The first-order valence-corrected chi connectivity index (χ1v) is 8.92. The van der Waals surface area contributed by atoms with Gasteiger partial charge in [0.2, 0.25) is 5.89 Å². The summed E-state index contributed by atoms with van der Waals surface area (Å²) in [6.07, 6.45) is 0. The largest absolute Gasteiger partial charge is 0.337 e. The number of hydrogen-bond donors (Lipinski definition) is 0. The van der Waals surface area contributed by atoms with Gasteiger partial charge in [-0.3, -0.25) is 4.79 Å². The Hall–Kier alpha value is -2.54. The molecular weight excluding hydrogens is 336 g/mol. The molecule has 0 spiro atoms. The van der Waals surface area contributed by atoms with Crippen molar-refractivity contribution in [3.8, 4) is 10.6 Å². The maximum Gasteiger partial charge on any atom is 0.273 e. The highest BCUT2D eigenvalue weighted by atomic mass is 32.1. The summed E-state index contributed by atoms with van der Waals surface area (Å²) in [5.74, 6) is 1.28. The van der Waals surface area contributed by atoms with Crippen molar-refractivity contribution < 1.29 is 9.32 Å². The Kier molecular flexibility index (Phi) is 4.94. The number of amides is 1. The minimum atomic E-state index is -0.169. The lowest BCUT2D eigenvalue weighted by atomic mass is 10.0. The van der Waals surface area contributed by atoms with Crippen LogP contribution < -0.4 is 0 Å². The van der Waals surface area contributed by atoms with Gasteiger partial charge in [-0.1, -0.05) is 43.3 Å². The van der Waals surface area contributed by atoms with E-state index in [1.807, 2.05) is 12.1 Å². The molecule has 0 saturated carbocycles. The first-order chi connectivity index (χ1) is 11.9. The van der Waals surface area contributed by atoms with Crippen LogP contribution in [0.4, 0.5) is 0 Å². The van der Waals surface area contributed by atoms with Crippen LogP contribution in [0.2, 0.25) is 0 Å². The van der Waals surface area contributed by atoms with E-state index in [2.05, 4.69) is 41.1 Å². The lowest BCUT2D eigenvalue weighted by molar-refractivity contribution is 0.0764. The average molecular weight is 356 g/mol. The number of carbonyl (C=O) groups excluding carboxylic acids is 1. The minimum absolute atomic E-state index is 0.169.